The summed E-state index contributed by atoms with van der Waals surface area (Å²) in [7, 11) is 1.64. The van der Waals surface area contributed by atoms with Crippen LogP contribution in [-0.2, 0) is 17.8 Å². The first-order valence-corrected chi connectivity index (χ1v) is 8.73. The molecule has 0 atom stereocenters. The molecule has 2 aromatic heterocycles. The summed E-state index contributed by atoms with van der Waals surface area (Å²) in [6, 6.07) is 11.6. The van der Waals surface area contributed by atoms with Crippen molar-refractivity contribution >= 4 is 17.2 Å². The number of hydrogen-bond acceptors (Lipinski definition) is 5. The zero-order valence-corrected chi connectivity index (χ0v) is 15.0. The summed E-state index contributed by atoms with van der Waals surface area (Å²) in [4.78, 5) is 21.8. The van der Waals surface area contributed by atoms with E-state index in [-0.39, 0.29) is 5.91 Å². The zero-order valence-electron chi connectivity index (χ0n) is 14.2. The van der Waals surface area contributed by atoms with Gasteiger partial charge in [-0.15, -0.1) is 11.3 Å². The smallest absolute Gasteiger partial charge is 0.225 e. The molecule has 0 saturated heterocycles. The number of amides is 1. The highest BCUT2D eigenvalue weighted by Crippen LogP contribution is 2.29. The molecule has 0 unspecified atom stereocenters. The Morgan fingerprint density at radius 1 is 1.24 bits per heavy atom. The molecule has 1 N–H and O–H groups in total. The second-order valence-electron chi connectivity index (χ2n) is 5.57. The van der Waals surface area contributed by atoms with Crippen LogP contribution in [0, 0.1) is 6.92 Å². The third-order valence-corrected chi connectivity index (χ3v) is 4.97. The van der Waals surface area contributed by atoms with Crippen molar-refractivity contribution in [2.45, 2.75) is 19.9 Å². The fraction of sp³-hybridized carbons (Fsp3) is 0.211. The molecule has 25 heavy (non-hydrogen) atoms. The number of nitrogens with one attached hydrogen (secondary N) is 1. The summed E-state index contributed by atoms with van der Waals surface area (Å²) in [6.45, 7) is 2.42. The molecular formula is C19H19N3O2S. The molecular weight excluding hydrogens is 334 g/mol. The summed E-state index contributed by atoms with van der Waals surface area (Å²) in [6.07, 6.45) is 3.80. The monoisotopic (exact) mass is 353 g/mol. The van der Waals surface area contributed by atoms with Gasteiger partial charge in [0.25, 0.3) is 0 Å². The molecule has 3 aromatic rings. The Kier molecular flexibility index (Phi) is 5.40. The summed E-state index contributed by atoms with van der Waals surface area (Å²) in [5, 5.41) is 3.83. The van der Waals surface area contributed by atoms with Crippen LogP contribution in [0.15, 0.2) is 48.8 Å². The predicted octanol–water partition coefficient (Wildman–Crippen LogP) is 3.38. The number of aryl methyl sites for hydroxylation is 1. The molecule has 0 fully saturated rings. The van der Waals surface area contributed by atoms with Gasteiger partial charge in [-0.05, 0) is 42.8 Å². The van der Waals surface area contributed by atoms with Crippen LogP contribution in [-0.4, -0.2) is 23.0 Å². The lowest BCUT2D eigenvalue weighted by Gasteiger charge is -2.04. The molecule has 0 aliphatic heterocycles. The van der Waals surface area contributed by atoms with Crippen molar-refractivity contribution in [3.05, 3.63) is 64.9 Å². The largest absolute Gasteiger partial charge is 0.497 e. The molecule has 2 heterocycles. The normalized spacial score (nSPS) is 10.5. The molecule has 0 radical (unpaired) electrons. The van der Waals surface area contributed by atoms with Crippen LogP contribution >= 0.6 is 11.3 Å². The molecule has 0 saturated carbocycles. The van der Waals surface area contributed by atoms with Gasteiger partial charge in [0.05, 0.1) is 19.2 Å². The average molecular weight is 353 g/mol. The van der Waals surface area contributed by atoms with Gasteiger partial charge in [-0.3, -0.25) is 9.78 Å². The van der Waals surface area contributed by atoms with E-state index in [1.807, 2.05) is 43.3 Å². The quantitative estimate of drug-likeness (QED) is 0.738. The lowest BCUT2D eigenvalue weighted by atomic mass is 10.2. The number of pyridine rings is 1. The van der Waals surface area contributed by atoms with Gasteiger partial charge < -0.3 is 10.1 Å². The Bertz CT molecular complexity index is 845. The number of methoxy groups -OCH3 is 1. The molecule has 0 aliphatic rings. The van der Waals surface area contributed by atoms with Gasteiger partial charge in [0.15, 0.2) is 0 Å². The molecule has 6 heteroatoms. The Morgan fingerprint density at radius 3 is 2.72 bits per heavy atom. The molecule has 5 nitrogen and oxygen atoms in total. The van der Waals surface area contributed by atoms with Crippen molar-refractivity contribution in [2.75, 3.05) is 7.11 Å². The molecule has 0 spiro atoms. The van der Waals surface area contributed by atoms with Gasteiger partial charge in [0.2, 0.25) is 5.91 Å². The molecule has 1 amide bonds. The summed E-state index contributed by atoms with van der Waals surface area (Å²) < 4.78 is 5.18. The standard InChI is InChI=1S/C19H19N3O2S/c1-13-17(10-18(23)21-12-14-4-3-9-20-11-14)25-19(22-13)15-5-7-16(24-2)8-6-15/h3-9,11H,10,12H2,1-2H3,(H,21,23). The van der Waals surface area contributed by atoms with Crippen molar-refractivity contribution in [1.29, 1.82) is 0 Å². The van der Waals surface area contributed by atoms with Gasteiger partial charge in [-0.2, -0.15) is 0 Å². The molecule has 0 aliphatic carbocycles. The van der Waals surface area contributed by atoms with E-state index in [1.165, 1.54) is 0 Å². The Balaban J connectivity index is 1.64. The fourth-order valence-corrected chi connectivity index (χ4v) is 3.43. The van der Waals surface area contributed by atoms with Crippen LogP contribution in [0.25, 0.3) is 10.6 Å². The predicted molar refractivity (Wildman–Crippen MR) is 98.6 cm³/mol. The third kappa shape index (κ3) is 4.42. The van der Waals surface area contributed by atoms with Gasteiger partial charge >= 0.3 is 0 Å². The maximum atomic E-state index is 12.2. The SMILES string of the molecule is COc1ccc(-c2nc(C)c(CC(=O)NCc3cccnc3)s2)cc1. The van der Waals surface area contributed by atoms with Crippen molar-refractivity contribution in [3.8, 4) is 16.3 Å². The number of thiazole rings is 1. The van der Waals surface area contributed by atoms with E-state index in [1.54, 1.807) is 30.8 Å². The molecule has 3 rings (SSSR count). The zero-order chi connectivity index (χ0) is 17.6. The maximum absolute atomic E-state index is 12.2. The number of aromatic nitrogens is 2. The van der Waals surface area contributed by atoms with E-state index >= 15 is 0 Å². The van der Waals surface area contributed by atoms with Gasteiger partial charge in [0.1, 0.15) is 10.8 Å². The van der Waals surface area contributed by atoms with Crippen molar-refractivity contribution in [1.82, 2.24) is 15.3 Å². The summed E-state index contributed by atoms with van der Waals surface area (Å²) in [5.74, 6) is 0.795. The number of ether oxygens (including phenoxy) is 1. The van der Waals surface area contributed by atoms with Crippen molar-refractivity contribution in [2.24, 2.45) is 0 Å². The summed E-state index contributed by atoms with van der Waals surface area (Å²) >= 11 is 1.55. The van der Waals surface area contributed by atoms with E-state index < -0.39 is 0 Å². The lowest BCUT2D eigenvalue weighted by molar-refractivity contribution is -0.120. The van der Waals surface area contributed by atoms with E-state index in [4.69, 9.17) is 4.74 Å². The highest BCUT2D eigenvalue weighted by atomic mass is 32.1. The number of rotatable bonds is 6. The van der Waals surface area contributed by atoms with E-state index in [2.05, 4.69) is 15.3 Å². The second-order valence-corrected chi connectivity index (χ2v) is 6.65. The minimum atomic E-state index is -0.0168. The summed E-state index contributed by atoms with van der Waals surface area (Å²) in [5.41, 5.74) is 2.90. The van der Waals surface area contributed by atoms with E-state index in [0.717, 1.165) is 32.5 Å². The molecule has 1 aromatic carbocycles. The Labute approximate surface area is 150 Å². The van der Waals surface area contributed by atoms with Gasteiger partial charge in [0, 0.05) is 29.4 Å². The Morgan fingerprint density at radius 2 is 2.04 bits per heavy atom. The number of carbonyl (C=O) groups is 1. The maximum Gasteiger partial charge on any atom is 0.225 e. The third-order valence-electron chi connectivity index (χ3n) is 3.76. The van der Waals surface area contributed by atoms with Crippen molar-refractivity contribution < 1.29 is 9.53 Å². The highest BCUT2D eigenvalue weighted by Gasteiger charge is 2.13. The number of hydrogen-bond donors (Lipinski definition) is 1. The molecule has 0 bridgehead atoms. The minimum Gasteiger partial charge on any atom is -0.497 e. The highest BCUT2D eigenvalue weighted by molar-refractivity contribution is 7.15. The van der Waals surface area contributed by atoms with Crippen LogP contribution in [0.4, 0.5) is 0 Å². The number of nitrogens with zero attached hydrogens (tertiary/aromatic N) is 2. The van der Waals surface area contributed by atoms with Crippen LogP contribution in [0.2, 0.25) is 0 Å². The van der Waals surface area contributed by atoms with E-state index in [9.17, 15) is 4.79 Å². The van der Waals surface area contributed by atoms with Gasteiger partial charge in [-0.25, -0.2) is 4.98 Å². The first-order chi connectivity index (χ1) is 12.2. The Hall–Kier alpha value is -2.73. The van der Waals surface area contributed by atoms with Crippen LogP contribution in [0.5, 0.6) is 5.75 Å². The first-order valence-electron chi connectivity index (χ1n) is 7.92. The van der Waals surface area contributed by atoms with Crippen LogP contribution in [0.1, 0.15) is 16.1 Å². The number of benzene rings is 1. The number of carbonyl (C=O) groups excluding carboxylic acids is 1. The minimum absolute atomic E-state index is 0.0168. The van der Waals surface area contributed by atoms with Crippen molar-refractivity contribution in [3.63, 3.8) is 0 Å². The topological polar surface area (TPSA) is 64.1 Å². The lowest BCUT2D eigenvalue weighted by Crippen LogP contribution is -2.24. The molecule has 128 valence electrons. The first kappa shape index (κ1) is 17.1. The van der Waals surface area contributed by atoms with Gasteiger partial charge in [-0.1, -0.05) is 6.07 Å². The van der Waals surface area contributed by atoms with Crippen LogP contribution in [0.3, 0.4) is 0 Å². The average Bonchev–Trinajstić information content (AvgIpc) is 3.01. The second kappa shape index (κ2) is 7.90. The van der Waals surface area contributed by atoms with E-state index in [0.29, 0.717) is 13.0 Å². The fourth-order valence-electron chi connectivity index (χ4n) is 2.36. The van der Waals surface area contributed by atoms with Crippen LogP contribution < -0.4 is 10.1 Å².